The van der Waals surface area contributed by atoms with Crippen LogP contribution in [0.3, 0.4) is 0 Å². The third-order valence-electron chi connectivity index (χ3n) is 3.84. The van der Waals surface area contributed by atoms with Crippen LogP contribution in [-0.2, 0) is 6.61 Å². The van der Waals surface area contributed by atoms with Gasteiger partial charge in [0.25, 0.3) is 11.1 Å². The van der Waals surface area contributed by atoms with Crippen molar-refractivity contribution in [3.05, 3.63) is 42.8 Å². The van der Waals surface area contributed by atoms with Crippen molar-refractivity contribution in [2.75, 3.05) is 5.75 Å². The average molecular weight is 373 g/mol. The highest BCUT2D eigenvalue weighted by Gasteiger charge is 2.07. The predicted molar refractivity (Wildman–Crippen MR) is 99.5 cm³/mol. The van der Waals surface area contributed by atoms with E-state index >= 15 is 0 Å². The first-order valence-electron chi connectivity index (χ1n) is 8.88. The zero-order valence-electron chi connectivity index (χ0n) is 14.9. The highest BCUT2D eigenvalue weighted by molar-refractivity contribution is 7.99. The maximum atomic E-state index is 5.70. The van der Waals surface area contributed by atoms with Crippen LogP contribution < -0.4 is 4.74 Å². The van der Waals surface area contributed by atoms with Crippen LogP contribution in [0.4, 0.5) is 0 Å². The number of benzene rings is 1. The Bertz CT molecular complexity index is 758. The highest BCUT2D eigenvalue weighted by atomic mass is 32.2. The van der Waals surface area contributed by atoms with Crippen LogP contribution in [0.5, 0.6) is 5.75 Å². The van der Waals surface area contributed by atoms with Gasteiger partial charge in [-0.1, -0.05) is 44.4 Å². The van der Waals surface area contributed by atoms with Crippen LogP contribution in [0.1, 0.15) is 44.9 Å². The Hall–Kier alpha value is -2.35. The van der Waals surface area contributed by atoms with Gasteiger partial charge in [-0.15, -0.1) is 20.4 Å². The Morgan fingerprint density at radius 3 is 2.54 bits per heavy atom. The molecule has 0 fully saturated rings. The maximum absolute atomic E-state index is 5.70. The number of hydrogen-bond donors (Lipinski definition) is 0. The summed E-state index contributed by atoms with van der Waals surface area (Å²) in [6.45, 7) is 2.48. The van der Waals surface area contributed by atoms with Crippen molar-refractivity contribution in [3.8, 4) is 11.4 Å². The van der Waals surface area contributed by atoms with Gasteiger partial charge < -0.3 is 9.15 Å². The van der Waals surface area contributed by atoms with E-state index in [9.17, 15) is 0 Å². The summed E-state index contributed by atoms with van der Waals surface area (Å²) in [5.41, 5.74) is 0.970. The van der Waals surface area contributed by atoms with E-state index in [1.165, 1.54) is 32.1 Å². The molecule has 0 amide bonds. The summed E-state index contributed by atoms with van der Waals surface area (Å²) in [5, 5.41) is 16.3. The molecule has 0 unspecified atom stereocenters. The van der Waals surface area contributed by atoms with Gasteiger partial charge in [0.1, 0.15) is 18.4 Å². The lowest BCUT2D eigenvalue weighted by Crippen LogP contribution is -1.96. The maximum Gasteiger partial charge on any atom is 0.276 e. The standard InChI is InChI=1S/C18H23N5O2S/c1-2-3-4-5-6-11-26-18-22-21-17(25-18)12-24-16-9-7-15(8-10-16)23-13-19-20-14-23/h7-10,13-14H,2-6,11-12H2,1H3. The molecule has 7 nitrogen and oxygen atoms in total. The van der Waals surface area contributed by atoms with Gasteiger partial charge in [0.2, 0.25) is 0 Å². The third kappa shape index (κ3) is 5.59. The van der Waals surface area contributed by atoms with Crippen molar-refractivity contribution in [2.45, 2.75) is 50.9 Å². The summed E-state index contributed by atoms with van der Waals surface area (Å²) in [7, 11) is 0. The molecule has 0 N–H and O–H groups in total. The van der Waals surface area contributed by atoms with Crippen LogP contribution >= 0.6 is 11.8 Å². The Kier molecular flexibility index (Phi) is 7.06. The van der Waals surface area contributed by atoms with Gasteiger partial charge in [0, 0.05) is 11.4 Å². The van der Waals surface area contributed by atoms with E-state index in [1.807, 2.05) is 28.8 Å². The van der Waals surface area contributed by atoms with E-state index in [-0.39, 0.29) is 6.61 Å². The van der Waals surface area contributed by atoms with Crippen LogP contribution in [0.15, 0.2) is 46.6 Å². The van der Waals surface area contributed by atoms with Crippen molar-refractivity contribution in [1.82, 2.24) is 25.0 Å². The topological polar surface area (TPSA) is 78.9 Å². The summed E-state index contributed by atoms with van der Waals surface area (Å²) in [6, 6.07) is 7.65. The molecular formula is C18H23N5O2S. The summed E-state index contributed by atoms with van der Waals surface area (Å²) in [5.74, 6) is 2.24. The SMILES string of the molecule is CCCCCCCSc1nnc(COc2ccc(-n3cnnc3)cc2)o1. The molecule has 0 aliphatic rings. The fraction of sp³-hybridized carbons (Fsp3) is 0.444. The fourth-order valence-electron chi connectivity index (χ4n) is 2.41. The fourth-order valence-corrected chi connectivity index (χ4v) is 3.19. The Balaban J connectivity index is 1.40. The molecule has 2 aromatic heterocycles. The molecule has 26 heavy (non-hydrogen) atoms. The lowest BCUT2D eigenvalue weighted by molar-refractivity contribution is 0.252. The van der Waals surface area contributed by atoms with E-state index in [2.05, 4.69) is 27.3 Å². The predicted octanol–water partition coefficient (Wildman–Crippen LogP) is 4.29. The normalized spacial score (nSPS) is 11.0. The molecule has 0 saturated heterocycles. The second-order valence-electron chi connectivity index (χ2n) is 5.88. The van der Waals surface area contributed by atoms with Crippen molar-refractivity contribution >= 4 is 11.8 Å². The highest BCUT2D eigenvalue weighted by Crippen LogP contribution is 2.20. The molecule has 0 spiro atoms. The number of unbranched alkanes of at least 4 members (excludes halogenated alkanes) is 4. The summed E-state index contributed by atoms with van der Waals surface area (Å²) in [4.78, 5) is 0. The van der Waals surface area contributed by atoms with Crippen molar-refractivity contribution in [1.29, 1.82) is 0 Å². The molecule has 0 aliphatic carbocycles. The van der Waals surface area contributed by atoms with Crippen LogP contribution in [0.25, 0.3) is 5.69 Å². The minimum Gasteiger partial charge on any atom is -0.484 e. The van der Waals surface area contributed by atoms with Gasteiger partial charge in [-0.25, -0.2) is 0 Å². The summed E-state index contributed by atoms with van der Waals surface area (Å²) in [6.07, 6.45) is 9.62. The van der Waals surface area contributed by atoms with Crippen molar-refractivity contribution in [2.24, 2.45) is 0 Å². The molecule has 138 valence electrons. The monoisotopic (exact) mass is 373 g/mol. The number of thioether (sulfide) groups is 1. The number of nitrogens with zero attached hydrogens (tertiary/aromatic N) is 5. The zero-order valence-corrected chi connectivity index (χ0v) is 15.7. The summed E-state index contributed by atoms with van der Waals surface area (Å²) < 4.78 is 13.1. The number of rotatable bonds is 11. The van der Waals surface area contributed by atoms with Gasteiger partial charge in [0.05, 0.1) is 0 Å². The van der Waals surface area contributed by atoms with Crippen LogP contribution in [0.2, 0.25) is 0 Å². The number of hydrogen-bond acceptors (Lipinski definition) is 7. The molecule has 0 aliphatic heterocycles. The molecule has 1 aromatic carbocycles. The van der Waals surface area contributed by atoms with E-state index in [0.717, 1.165) is 17.2 Å². The quantitative estimate of drug-likeness (QED) is 0.366. The van der Waals surface area contributed by atoms with Gasteiger partial charge in [0.15, 0.2) is 6.61 Å². The smallest absolute Gasteiger partial charge is 0.276 e. The van der Waals surface area contributed by atoms with E-state index in [0.29, 0.717) is 11.1 Å². The van der Waals surface area contributed by atoms with E-state index in [1.54, 1.807) is 24.4 Å². The van der Waals surface area contributed by atoms with E-state index in [4.69, 9.17) is 9.15 Å². The minimum absolute atomic E-state index is 0.260. The zero-order chi connectivity index (χ0) is 18.0. The lowest BCUT2D eigenvalue weighted by Gasteiger charge is -2.05. The molecule has 2 heterocycles. The van der Waals surface area contributed by atoms with Gasteiger partial charge >= 0.3 is 0 Å². The first-order valence-corrected chi connectivity index (χ1v) is 9.87. The first-order chi connectivity index (χ1) is 12.8. The Labute approximate surface area is 157 Å². The largest absolute Gasteiger partial charge is 0.484 e. The van der Waals surface area contributed by atoms with Gasteiger partial charge in [-0.2, -0.15) is 0 Å². The number of aromatic nitrogens is 5. The second-order valence-corrected chi connectivity index (χ2v) is 6.92. The van der Waals surface area contributed by atoms with Gasteiger partial charge in [-0.3, -0.25) is 4.57 Å². The third-order valence-corrected chi connectivity index (χ3v) is 4.74. The molecule has 0 bridgehead atoms. The Morgan fingerprint density at radius 1 is 1.00 bits per heavy atom. The van der Waals surface area contributed by atoms with Crippen molar-refractivity contribution < 1.29 is 9.15 Å². The average Bonchev–Trinajstić information content (AvgIpc) is 3.35. The van der Waals surface area contributed by atoms with Crippen LogP contribution in [0, 0.1) is 0 Å². The molecular weight excluding hydrogens is 350 g/mol. The molecule has 0 saturated carbocycles. The lowest BCUT2D eigenvalue weighted by atomic mass is 10.2. The number of ether oxygens (including phenoxy) is 1. The first kappa shape index (κ1) is 18.4. The molecule has 0 atom stereocenters. The van der Waals surface area contributed by atoms with Crippen LogP contribution in [-0.4, -0.2) is 30.7 Å². The molecule has 0 radical (unpaired) electrons. The van der Waals surface area contributed by atoms with Gasteiger partial charge in [-0.05, 0) is 30.7 Å². The second kappa shape index (κ2) is 9.96. The van der Waals surface area contributed by atoms with E-state index < -0.39 is 0 Å². The van der Waals surface area contributed by atoms with Crippen molar-refractivity contribution in [3.63, 3.8) is 0 Å². The molecule has 8 heteroatoms. The minimum atomic E-state index is 0.260. The Morgan fingerprint density at radius 2 is 1.77 bits per heavy atom. The summed E-state index contributed by atoms with van der Waals surface area (Å²) >= 11 is 1.61. The molecule has 3 aromatic rings. The molecule has 3 rings (SSSR count).